The molecule has 1 atom stereocenters. The summed E-state index contributed by atoms with van der Waals surface area (Å²) in [4.78, 5) is 12.3. The Morgan fingerprint density at radius 2 is 1.92 bits per heavy atom. The van der Waals surface area contributed by atoms with E-state index in [0.29, 0.717) is 11.6 Å². The lowest BCUT2D eigenvalue weighted by Gasteiger charge is -2.18. The van der Waals surface area contributed by atoms with E-state index in [1.54, 1.807) is 12.1 Å². The summed E-state index contributed by atoms with van der Waals surface area (Å²) < 4.78 is 10.7. The first-order valence-corrected chi connectivity index (χ1v) is 8.60. The van der Waals surface area contributed by atoms with Crippen LogP contribution >= 0.6 is 0 Å². The lowest BCUT2D eigenvalue weighted by atomic mass is 10.0. The topological polar surface area (TPSA) is 77.2 Å². The minimum Gasteiger partial charge on any atom is -0.484 e. The molecule has 6 nitrogen and oxygen atoms in total. The van der Waals surface area contributed by atoms with Crippen LogP contribution in [-0.2, 0) is 4.79 Å². The van der Waals surface area contributed by atoms with Crippen LogP contribution in [0.15, 0.2) is 65.4 Å². The molecular weight excluding hydrogens is 330 g/mol. The maximum Gasteiger partial charge on any atom is 0.258 e. The predicted molar refractivity (Wildman–Crippen MR) is 97.5 cm³/mol. The predicted octanol–water partition coefficient (Wildman–Crippen LogP) is 3.77. The molecule has 1 N–H and O–H groups in total. The number of amides is 1. The molecule has 1 amide bonds. The highest BCUT2D eigenvalue weighted by molar-refractivity contribution is 5.78. The number of hydrogen-bond acceptors (Lipinski definition) is 5. The number of nitrogens with one attached hydrogen (secondary N) is 1. The second-order valence-electron chi connectivity index (χ2n) is 5.88. The summed E-state index contributed by atoms with van der Waals surface area (Å²) in [6.45, 7) is 2.07. The summed E-state index contributed by atoms with van der Waals surface area (Å²) in [6.07, 6.45) is 3.15. The van der Waals surface area contributed by atoms with Crippen molar-refractivity contribution in [2.24, 2.45) is 0 Å². The first-order valence-electron chi connectivity index (χ1n) is 8.60. The Bertz CT molecular complexity index is 802. The van der Waals surface area contributed by atoms with Crippen molar-refractivity contribution in [2.45, 2.75) is 25.8 Å². The van der Waals surface area contributed by atoms with Crippen molar-refractivity contribution in [3.8, 4) is 17.2 Å². The number of ether oxygens (including phenoxy) is 1. The van der Waals surface area contributed by atoms with Crippen LogP contribution in [-0.4, -0.2) is 22.7 Å². The van der Waals surface area contributed by atoms with Gasteiger partial charge in [-0.3, -0.25) is 4.79 Å². The number of carbonyl (C=O) groups is 1. The normalized spacial score (nSPS) is 11.7. The number of rotatable bonds is 8. The van der Waals surface area contributed by atoms with E-state index in [1.807, 2.05) is 42.5 Å². The smallest absolute Gasteiger partial charge is 0.258 e. The van der Waals surface area contributed by atoms with Gasteiger partial charge in [0.25, 0.3) is 5.91 Å². The van der Waals surface area contributed by atoms with Gasteiger partial charge in [0.1, 0.15) is 5.75 Å². The van der Waals surface area contributed by atoms with Gasteiger partial charge in [0.05, 0.1) is 6.04 Å². The molecule has 3 rings (SSSR count). The van der Waals surface area contributed by atoms with Gasteiger partial charge < -0.3 is 14.5 Å². The quantitative estimate of drug-likeness (QED) is 0.668. The zero-order valence-corrected chi connectivity index (χ0v) is 14.6. The molecule has 1 heterocycles. The second-order valence-corrected chi connectivity index (χ2v) is 5.88. The van der Waals surface area contributed by atoms with E-state index >= 15 is 0 Å². The van der Waals surface area contributed by atoms with Gasteiger partial charge in [-0.1, -0.05) is 43.7 Å². The average molecular weight is 351 g/mol. The molecule has 3 aromatic rings. The van der Waals surface area contributed by atoms with Gasteiger partial charge in [-0.15, -0.1) is 10.2 Å². The third kappa shape index (κ3) is 4.69. The van der Waals surface area contributed by atoms with Crippen LogP contribution in [0.5, 0.6) is 5.75 Å². The van der Waals surface area contributed by atoms with Gasteiger partial charge in [0, 0.05) is 5.56 Å². The molecule has 6 heteroatoms. The van der Waals surface area contributed by atoms with Crippen LogP contribution < -0.4 is 10.1 Å². The van der Waals surface area contributed by atoms with Crippen LogP contribution in [0, 0.1) is 0 Å². The van der Waals surface area contributed by atoms with Crippen LogP contribution in [0.3, 0.4) is 0 Å². The van der Waals surface area contributed by atoms with E-state index in [2.05, 4.69) is 22.4 Å². The number of nitrogens with zero attached hydrogens (tertiary/aromatic N) is 2. The van der Waals surface area contributed by atoms with Gasteiger partial charge in [-0.2, -0.15) is 0 Å². The van der Waals surface area contributed by atoms with Crippen molar-refractivity contribution in [3.63, 3.8) is 0 Å². The monoisotopic (exact) mass is 351 g/mol. The van der Waals surface area contributed by atoms with Crippen LogP contribution in [0.1, 0.15) is 31.4 Å². The first kappa shape index (κ1) is 17.7. The van der Waals surface area contributed by atoms with E-state index in [9.17, 15) is 4.79 Å². The highest BCUT2D eigenvalue weighted by Crippen LogP contribution is 2.21. The summed E-state index contributed by atoms with van der Waals surface area (Å²) in [5.74, 6) is 0.906. The Morgan fingerprint density at radius 1 is 1.15 bits per heavy atom. The fraction of sp³-hybridized carbons (Fsp3) is 0.250. The van der Waals surface area contributed by atoms with Gasteiger partial charge in [-0.05, 0) is 36.2 Å². The van der Waals surface area contributed by atoms with E-state index in [-0.39, 0.29) is 18.6 Å². The largest absolute Gasteiger partial charge is 0.484 e. The lowest BCUT2D eigenvalue weighted by molar-refractivity contribution is -0.123. The summed E-state index contributed by atoms with van der Waals surface area (Å²) in [5, 5.41) is 10.5. The van der Waals surface area contributed by atoms with E-state index < -0.39 is 0 Å². The highest BCUT2D eigenvalue weighted by atomic mass is 16.5. The molecule has 134 valence electrons. The molecule has 26 heavy (non-hydrogen) atoms. The second kappa shape index (κ2) is 8.80. The van der Waals surface area contributed by atoms with Crippen molar-refractivity contribution in [3.05, 3.63) is 66.6 Å². The van der Waals surface area contributed by atoms with Gasteiger partial charge >= 0.3 is 0 Å². The number of carbonyl (C=O) groups excluding carboxylic acids is 1. The van der Waals surface area contributed by atoms with Crippen molar-refractivity contribution < 1.29 is 13.9 Å². The van der Waals surface area contributed by atoms with Gasteiger partial charge in [-0.25, -0.2) is 0 Å². The fourth-order valence-electron chi connectivity index (χ4n) is 2.67. The molecule has 0 aliphatic carbocycles. The van der Waals surface area contributed by atoms with Crippen molar-refractivity contribution in [2.75, 3.05) is 6.61 Å². The molecule has 0 saturated heterocycles. The minimum atomic E-state index is -0.145. The third-order valence-corrected chi connectivity index (χ3v) is 3.95. The molecule has 0 aliphatic heterocycles. The summed E-state index contributed by atoms with van der Waals surface area (Å²) >= 11 is 0. The number of aromatic nitrogens is 2. The Hall–Kier alpha value is -3.15. The molecular formula is C20H21N3O3. The zero-order valence-electron chi connectivity index (χ0n) is 14.6. The molecule has 0 aliphatic rings. The third-order valence-electron chi connectivity index (χ3n) is 3.95. The summed E-state index contributed by atoms with van der Waals surface area (Å²) in [6, 6.07) is 17.1. The fourth-order valence-corrected chi connectivity index (χ4v) is 2.67. The Labute approximate surface area is 152 Å². The van der Waals surface area contributed by atoms with Crippen LogP contribution in [0.4, 0.5) is 0 Å². The molecule has 0 radical (unpaired) electrons. The summed E-state index contributed by atoms with van der Waals surface area (Å²) in [5.41, 5.74) is 1.90. The SMILES string of the molecule is CCCC(NC(=O)COc1ccc(-c2nnco2)cc1)c1ccccc1. The maximum atomic E-state index is 12.3. The molecule has 1 unspecified atom stereocenters. The maximum absolute atomic E-state index is 12.3. The Kier molecular flexibility index (Phi) is 5.98. The number of hydrogen-bond donors (Lipinski definition) is 1. The average Bonchev–Trinajstić information content (AvgIpc) is 3.22. The molecule has 2 aromatic carbocycles. The van der Waals surface area contributed by atoms with Gasteiger partial charge in [0.15, 0.2) is 6.61 Å². The van der Waals surface area contributed by atoms with Crippen molar-refractivity contribution >= 4 is 5.91 Å². The molecule has 0 bridgehead atoms. The zero-order chi connectivity index (χ0) is 18.2. The standard InChI is InChI=1S/C20H21N3O3/c1-2-6-18(15-7-4-3-5-8-15)22-19(24)13-25-17-11-9-16(10-12-17)20-23-21-14-26-20/h3-5,7-12,14,18H,2,6,13H2,1H3,(H,22,24). The lowest BCUT2D eigenvalue weighted by Crippen LogP contribution is -2.32. The first-order chi connectivity index (χ1) is 12.8. The van der Waals surface area contributed by atoms with E-state index in [0.717, 1.165) is 24.0 Å². The Balaban J connectivity index is 1.54. The summed E-state index contributed by atoms with van der Waals surface area (Å²) in [7, 11) is 0. The van der Waals surface area contributed by atoms with E-state index in [4.69, 9.17) is 9.15 Å². The highest BCUT2D eigenvalue weighted by Gasteiger charge is 2.14. The van der Waals surface area contributed by atoms with E-state index in [1.165, 1.54) is 6.39 Å². The Morgan fingerprint density at radius 3 is 2.58 bits per heavy atom. The van der Waals surface area contributed by atoms with Crippen LogP contribution in [0.25, 0.3) is 11.5 Å². The minimum absolute atomic E-state index is 0.00259. The molecule has 0 fully saturated rings. The number of benzene rings is 2. The van der Waals surface area contributed by atoms with Crippen molar-refractivity contribution in [1.29, 1.82) is 0 Å². The van der Waals surface area contributed by atoms with Gasteiger partial charge in [0.2, 0.25) is 12.3 Å². The van der Waals surface area contributed by atoms with Crippen molar-refractivity contribution in [1.82, 2.24) is 15.5 Å². The molecule has 0 saturated carbocycles. The molecule has 1 aromatic heterocycles. The van der Waals surface area contributed by atoms with Crippen LogP contribution in [0.2, 0.25) is 0 Å². The molecule has 0 spiro atoms.